The van der Waals surface area contributed by atoms with Crippen molar-refractivity contribution in [3.63, 3.8) is 0 Å². The van der Waals surface area contributed by atoms with E-state index in [0.29, 0.717) is 17.9 Å². The summed E-state index contributed by atoms with van der Waals surface area (Å²) in [6.07, 6.45) is 1.50. The number of carbonyl (C=O) groups excluding carboxylic acids is 1. The predicted octanol–water partition coefficient (Wildman–Crippen LogP) is 5.97. The highest BCUT2D eigenvalue weighted by atomic mass is 16.5. The van der Waals surface area contributed by atoms with Gasteiger partial charge in [0.25, 0.3) is 5.91 Å². The smallest absolute Gasteiger partial charge is 0.335 e. The van der Waals surface area contributed by atoms with Crippen LogP contribution in [0.15, 0.2) is 90.5 Å². The summed E-state index contributed by atoms with van der Waals surface area (Å²) in [6, 6.07) is 27.2. The lowest BCUT2D eigenvalue weighted by molar-refractivity contribution is -0.112. The number of benzene rings is 4. The average Bonchev–Trinajstić information content (AvgIpc) is 2.87. The van der Waals surface area contributed by atoms with Crippen LogP contribution in [0, 0.1) is 18.3 Å². The van der Waals surface area contributed by atoms with Crippen LogP contribution in [0.4, 0.5) is 5.69 Å². The standard InChI is InChI=1S/C29H22N2O4/c1-19-9-11-20(12-10-19)18-35-27-14-13-21-5-2-3-8-25(21)26(27)16-23(17-30)28(32)31-24-7-4-6-22(15-24)29(33)34/h2-16H,18H2,1H3,(H,31,32)(H,33,34)/b23-16-. The highest BCUT2D eigenvalue weighted by molar-refractivity contribution is 6.11. The van der Waals surface area contributed by atoms with Gasteiger partial charge in [0.1, 0.15) is 24.0 Å². The normalized spacial score (nSPS) is 11.0. The summed E-state index contributed by atoms with van der Waals surface area (Å²) in [5.41, 5.74) is 2.94. The van der Waals surface area contributed by atoms with Gasteiger partial charge < -0.3 is 15.2 Å². The Balaban J connectivity index is 1.68. The molecule has 0 saturated heterocycles. The number of hydrogen-bond acceptors (Lipinski definition) is 4. The zero-order valence-electron chi connectivity index (χ0n) is 19.0. The van der Waals surface area contributed by atoms with Gasteiger partial charge in [0.2, 0.25) is 0 Å². The van der Waals surface area contributed by atoms with Crippen molar-refractivity contribution < 1.29 is 19.4 Å². The maximum atomic E-state index is 12.9. The number of hydrogen-bond donors (Lipinski definition) is 2. The van der Waals surface area contributed by atoms with E-state index >= 15 is 0 Å². The van der Waals surface area contributed by atoms with E-state index in [9.17, 15) is 20.0 Å². The molecule has 0 aliphatic rings. The Morgan fingerprint density at radius 2 is 1.77 bits per heavy atom. The number of carboxylic acids is 1. The predicted molar refractivity (Wildman–Crippen MR) is 135 cm³/mol. The van der Waals surface area contributed by atoms with Crippen LogP contribution in [0.5, 0.6) is 5.75 Å². The minimum Gasteiger partial charge on any atom is -0.488 e. The molecule has 0 atom stereocenters. The van der Waals surface area contributed by atoms with Gasteiger partial charge in [-0.2, -0.15) is 5.26 Å². The van der Waals surface area contributed by atoms with Gasteiger partial charge in [-0.25, -0.2) is 4.79 Å². The molecule has 0 aliphatic heterocycles. The Morgan fingerprint density at radius 3 is 2.51 bits per heavy atom. The van der Waals surface area contributed by atoms with Crippen molar-refractivity contribution in [2.75, 3.05) is 5.32 Å². The Labute approximate surface area is 202 Å². The van der Waals surface area contributed by atoms with Gasteiger partial charge in [-0.3, -0.25) is 4.79 Å². The SMILES string of the molecule is Cc1ccc(COc2ccc3ccccc3c2/C=C(/C#N)C(=O)Nc2cccc(C(=O)O)c2)cc1. The molecule has 35 heavy (non-hydrogen) atoms. The van der Waals surface area contributed by atoms with Crippen molar-refractivity contribution >= 4 is 34.4 Å². The van der Waals surface area contributed by atoms with Crippen LogP contribution in [-0.2, 0) is 11.4 Å². The van der Waals surface area contributed by atoms with Crippen molar-refractivity contribution in [2.24, 2.45) is 0 Å². The molecule has 0 saturated carbocycles. The number of rotatable bonds is 7. The van der Waals surface area contributed by atoms with Crippen LogP contribution in [0.3, 0.4) is 0 Å². The Morgan fingerprint density at radius 1 is 1.00 bits per heavy atom. The van der Waals surface area contributed by atoms with Crippen molar-refractivity contribution in [1.82, 2.24) is 0 Å². The number of nitrogens with zero attached hydrogens (tertiary/aromatic N) is 1. The average molecular weight is 463 g/mol. The van der Waals surface area contributed by atoms with E-state index in [1.807, 2.05) is 73.7 Å². The summed E-state index contributed by atoms with van der Waals surface area (Å²) in [6.45, 7) is 2.35. The van der Waals surface area contributed by atoms with Gasteiger partial charge in [-0.1, -0.05) is 66.2 Å². The Bertz CT molecular complexity index is 1480. The van der Waals surface area contributed by atoms with E-state index in [4.69, 9.17) is 4.74 Å². The van der Waals surface area contributed by atoms with Crippen LogP contribution >= 0.6 is 0 Å². The second kappa shape index (κ2) is 10.4. The molecule has 0 fully saturated rings. The number of anilines is 1. The summed E-state index contributed by atoms with van der Waals surface area (Å²) in [4.78, 5) is 24.1. The topological polar surface area (TPSA) is 99.4 Å². The molecule has 2 N–H and O–H groups in total. The second-order valence-electron chi connectivity index (χ2n) is 7.98. The molecule has 6 nitrogen and oxygen atoms in total. The van der Waals surface area contributed by atoms with E-state index in [0.717, 1.165) is 21.9 Å². The molecule has 0 heterocycles. The third-order valence-electron chi connectivity index (χ3n) is 5.47. The minimum atomic E-state index is -1.11. The molecule has 4 aromatic carbocycles. The summed E-state index contributed by atoms with van der Waals surface area (Å²) >= 11 is 0. The van der Waals surface area contributed by atoms with E-state index in [2.05, 4.69) is 5.32 Å². The minimum absolute atomic E-state index is 0.0335. The van der Waals surface area contributed by atoms with Gasteiger partial charge in [0.15, 0.2) is 0 Å². The van der Waals surface area contributed by atoms with Crippen molar-refractivity contribution in [2.45, 2.75) is 13.5 Å². The fraction of sp³-hybridized carbons (Fsp3) is 0.0690. The van der Waals surface area contributed by atoms with Crippen LogP contribution in [-0.4, -0.2) is 17.0 Å². The lowest BCUT2D eigenvalue weighted by atomic mass is 10.0. The first-order valence-corrected chi connectivity index (χ1v) is 10.9. The number of nitrogens with one attached hydrogen (secondary N) is 1. The van der Waals surface area contributed by atoms with Gasteiger partial charge in [-0.05, 0) is 53.6 Å². The highest BCUT2D eigenvalue weighted by Gasteiger charge is 2.15. The third-order valence-corrected chi connectivity index (χ3v) is 5.47. The molecular formula is C29H22N2O4. The van der Waals surface area contributed by atoms with E-state index in [1.165, 1.54) is 24.3 Å². The highest BCUT2D eigenvalue weighted by Crippen LogP contribution is 2.31. The fourth-order valence-electron chi connectivity index (χ4n) is 3.62. The lowest BCUT2D eigenvalue weighted by Gasteiger charge is -2.13. The molecule has 0 radical (unpaired) electrons. The number of amides is 1. The van der Waals surface area contributed by atoms with Gasteiger partial charge in [-0.15, -0.1) is 0 Å². The second-order valence-corrected chi connectivity index (χ2v) is 7.98. The summed E-state index contributed by atoms with van der Waals surface area (Å²) < 4.78 is 6.11. The summed E-state index contributed by atoms with van der Waals surface area (Å²) in [7, 11) is 0. The molecule has 0 unspecified atom stereocenters. The number of carbonyl (C=O) groups is 2. The van der Waals surface area contributed by atoms with Crippen molar-refractivity contribution in [3.8, 4) is 11.8 Å². The molecule has 4 rings (SSSR count). The molecular weight excluding hydrogens is 440 g/mol. The Hall–Kier alpha value is -4.89. The molecule has 4 aromatic rings. The summed E-state index contributed by atoms with van der Waals surface area (Å²) in [5, 5.41) is 23.3. The molecule has 0 aromatic heterocycles. The van der Waals surface area contributed by atoms with Crippen molar-refractivity contribution in [3.05, 3.63) is 113 Å². The number of ether oxygens (including phenoxy) is 1. The van der Waals surface area contributed by atoms with Crippen LogP contribution < -0.4 is 10.1 Å². The Kier molecular flexibility index (Phi) is 6.89. The number of fused-ring (bicyclic) bond motifs is 1. The molecule has 0 bridgehead atoms. The quantitative estimate of drug-likeness (QED) is 0.260. The molecule has 172 valence electrons. The first-order valence-electron chi connectivity index (χ1n) is 10.9. The number of aryl methyl sites for hydroxylation is 1. The van der Waals surface area contributed by atoms with E-state index in [-0.39, 0.29) is 16.8 Å². The van der Waals surface area contributed by atoms with Crippen LogP contribution in [0.1, 0.15) is 27.0 Å². The molecule has 1 amide bonds. The molecule has 6 heteroatoms. The van der Waals surface area contributed by atoms with Gasteiger partial charge in [0.05, 0.1) is 5.56 Å². The van der Waals surface area contributed by atoms with Crippen molar-refractivity contribution in [1.29, 1.82) is 5.26 Å². The number of nitriles is 1. The maximum absolute atomic E-state index is 12.9. The summed E-state index contributed by atoms with van der Waals surface area (Å²) in [5.74, 6) is -1.21. The zero-order valence-corrected chi connectivity index (χ0v) is 19.0. The molecule has 0 spiro atoms. The monoisotopic (exact) mass is 462 g/mol. The zero-order chi connectivity index (χ0) is 24.8. The van der Waals surface area contributed by atoms with Gasteiger partial charge >= 0.3 is 5.97 Å². The maximum Gasteiger partial charge on any atom is 0.335 e. The number of carboxylic acid groups (broad SMARTS) is 1. The first kappa shape index (κ1) is 23.3. The fourth-order valence-corrected chi connectivity index (χ4v) is 3.62. The number of aromatic carboxylic acids is 1. The van der Waals surface area contributed by atoms with Crippen LogP contribution in [0.2, 0.25) is 0 Å². The third kappa shape index (κ3) is 5.55. The first-order chi connectivity index (χ1) is 16.9. The van der Waals surface area contributed by atoms with E-state index < -0.39 is 11.9 Å². The van der Waals surface area contributed by atoms with Crippen LogP contribution in [0.25, 0.3) is 16.8 Å². The lowest BCUT2D eigenvalue weighted by Crippen LogP contribution is -2.14. The largest absolute Gasteiger partial charge is 0.488 e. The van der Waals surface area contributed by atoms with E-state index in [1.54, 1.807) is 6.07 Å². The van der Waals surface area contributed by atoms with Gasteiger partial charge in [0, 0.05) is 11.3 Å². The molecule has 0 aliphatic carbocycles.